The van der Waals surface area contributed by atoms with Crippen LogP contribution in [-0.4, -0.2) is 24.9 Å². The number of anilines is 1. The van der Waals surface area contributed by atoms with E-state index in [2.05, 4.69) is 5.32 Å². The van der Waals surface area contributed by atoms with Crippen LogP contribution in [0.2, 0.25) is 0 Å². The van der Waals surface area contributed by atoms with Gasteiger partial charge in [0.05, 0.1) is 0 Å². The van der Waals surface area contributed by atoms with E-state index >= 15 is 0 Å². The zero-order valence-electron chi connectivity index (χ0n) is 15.2. The van der Waals surface area contributed by atoms with Crippen molar-refractivity contribution in [1.82, 2.24) is 5.32 Å². The van der Waals surface area contributed by atoms with Crippen molar-refractivity contribution in [2.75, 3.05) is 18.0 Å². The Morgan fingerprint density at radius 1 is 1.04 bits per heavy atom. The van der Waals surface area contributed by atoms with Crippen LogP contribution >= 0.6 is 0 Å². The van der Waals surface area contributed by atoms with Crippen LogP contribution in [0.15, 0.2) is 48.5 Å². The monoisotopic (exact) mass is 338 g/mol. The van der Waals surface area contributed by atoms with Crippen LogP contribution in [0.1, 0.15) is 30.0 Å². The lowest BCUT2D eigenvalue weighted by Crippen LogP contribution is -2.34. The number of nitrogens with one attached hydrogen (secondary N) is 1. The van der Waals surface area contributed by atoms with Gasteiger partial charge in [0.2, 0.25) is 11.8 Å². The molecule has 0 heterocycles. The number of hydrogen-bond acceptors (Lipinski definition) is 2. The minimum absolute atomic E-state index is 0.0352. The second-order valence-electron chi connectivity index (χ2n) is 6.30. The number of carbonyl (C=O) groups is 2. The van der Waals surface area contributed by atoms with Crippen molar-refractivity contribution in [3.05, 3.63) is 65.2 Å². The fraction of sp³-hybridized carbons (Fsp3) is 0.333. The van der Waals surface area contributed by atoms with Gasteiger partial charge in [-0.3, -0.25) is 9.59 Å². The average Bonchev–Trinajstić information content (AvgIpc) is 2.57. The lowest BCUT2D eigenvalue weighted by atomic mass is 10.1. The molecular weight excluding hydrogens is 312 g/mol. The number of aryl methyl sites for hydroxylation is 2. The van der Waals surface area contributed by atoms with Crippen LogP contribution in [0.25, 0.3) is 0 Å². The fourth-order valence-corrected chi connectivity index (χ4v) is 2.85. The Hall–Kier alpha value is -2.62. The molecule has 0 radical (unpaired) electrons. The molecule has 0 saturated heterocycles. The van der Waals surface area contributed by atoms with Gasteiger partial charge in [0, 0.05) is 32.1 Å². The summed E-state index contributed by atoms with van der Waals surface area (Å²) in [5.41, 5.74) is 4.27. The van der Waals surface area contributed by atoms with E-state index in [0.717, 1.165) is 23.2 Å². The van der Waals surface area contributed by atoms with Gasteiger partial charge in [-0.15, -0.1) is 0 Å². The van der Waals surface area contributed by atoms with Crippen molar-refractivity contribution >= 4 is 17.5 Å². The Kier molecular flexibility index (Phi) is 6.75. The SMILES string of the molecule is CC(=O)N(CCC(=O)NCCc1ccccc1)c1ccc(C)cc1C. The predicted octanol–water partition coefficient (Wildman–Crippen LogP) is 3.41. The van der Waals surface area contributed by atoms with Crippen molar-refractivity contribution in [2.24, 2.45) is 0 Å². The van der Waals surface area contributed by atoms with E-state index in [1.807, 2.05) is 62.4 Å². The highest BCUT2D eigenvalue weighted by Crippen LogP contribution is 2.21. The molecule has 0 aliphatic heterocycles. The molecule has 4 heteroatoms. The van der Waals surface area contributed by atoms with Crippen molar-refractivity contribution in [3.63, 3.8) is 0 Å². The Balaban J connectivity index is 1.86. The molecule has 4 nitrogen and oxygen atoms in total. The standard InChI is InChI=1S/C21H26N2O2/c1-16-9-10-20(17(2)15-16)23(18(3)24)14-12-21(25)22-13-11-19-7-5-4-6-8-19/h4-10,15H,11-14H2,1-3H3,(H,22,25). The van der Waals surface area contributed by atoms with Crippen molar-refractivity contribution in [3.8, 4) is 0 Å². The van der Waals surface area contributed by atoms with Gasteiger partial charge in [-0.25, -0.2) is 0 Å². The van der Waals surface area contributed by atoms with Crippen LogP contribution in [0.3, 0.4) is 0 Å². The Morgan fingerprint density at radius 3 is 2.40 bits per heavy atom. The molecule has 0 atom stereocenters. The maximum atomic E-state index is 12.1. The van der Waals surface area contributed by atoms with Gasteiger partial charge < -0.3 is 10.2 Å². The Morgan fingerprint density at radius 2 is 1.76 bits per heavy atom. The summed E-state index contributed by atoms with van der Waals surface area (Å²) in [6.45, 7) is 6.53. The molecular formula is C21H26N2O2. The first-order valence-electron chi connectivity index (χ1n) is 8.63. The largest absolute Gasteiger partial charge is 0.356 e. The van der Waals surface area contributed by atoms with Crippen LogP contribution in [0, 0.1) is 13.8 Å². The maximum absolute atomic E-state index is 12.1. The van der Waals surface area contributed by atoms with Crippen molar-refractivity contribution in [2.45, 2.75) is 33.6 Å². The smallest absolute Gasteiger partial charge is 0.223 e. The first kappa shape index (κ1) is 18.7. The highest BCUT2D eigenvalue weighted by Gasteiger charge is 2.15. The van der Waals surface area contributed by atoms with Crippen molar-refractivity contribution in [1.29, 1.82) is 0 Å². The summed E-state index contributed by atoms with van der Waals surface area (Å²) in [6.07, 6.45) is 1.10. The summed E-state index contributed by atoms with van der Waals surface area (Å²) in [6, 6.07) is 16.0. The molecule has 1 N–H and O–H groups in total. The summed E-state index contributed by atoms with van der Waals surface area (Å²) in [7, 11) is 0. The molecule has 25 heavy (non-hydrogen) atoms. The number of benzene rings is 2. The normalized spacial score (nSPS) is 10.4. The summed E-state index contributed by atoms with van der Waals surface area (Å²) in [5.74, 6) is -0.0871. The lowest BCUT2D eigenvalue weighted by Gasteiger charge is -2.23. The Bertz CT molecular complexity index is 726. The first-order chi connectivity index (χ1) is 12.0. The van der Waals surface area contributed by atoms with Gasteiger partial charge in [-0.05, 0) is 37.5 Å². The predicted molar refractivity (Wildman–Crippen MR) is 102 cm³/mol. The summed E-state index contributed by atoms with van der Waals surface area (Å²) in [5, 5.41) is 2.92. The van der Waals surface area contributed by atoms with Gasteiger partial charge in [0.25, 0.3) is 0 Å². The summed E-state index contributed by atoms with van der Waals surface area (Å²) >= 11 is 0. The van der Waals surface area contributed by atoms with E-state index < -0.39 is 0 Å². The molecule has 0 saturated carbocycles. The highest BCUT2D eigenvalue weighted by atomic mass is 16.2. The highest BCUT2D eigenvalue weighted by molar-refractivity contribution is 5.93. The summed E-state index contributed by atoms with van der Waals surface area (Å²) in [4.78, 5) is 25.7. The van der Waals surface area contributed by atoms with Crippen molar-refractivity contribution < 1.29 is 9.59 Å². The van der Waals surface area contributed by atoms with E-state index in [1.165, 1.54) is 12.5 Å². The zero-order valence-corrected chi connectivity index (χ0v) is 15.2. The molecule has 2 aromatic rings. The third kappa shape index (κ3) is 5.75. The van der Waals surface area contributed by atoms with Crippen LogP contribution in [0.4, 0.5) is 5.69 Å². The summed E-state index contributed by atoms with van der Waals surface area (Å²) < 4.78 is 0. The molecule has 0 unspecified atom stereocenters. The van der Waals surface area contributed by atoms with Gasteiger partial charge in [0.15, 0.2) is 0 Å². The molecule has 132 valence electrons. The fourth-order valence-electron chi connectivity index (χ4n) is 2.85. The second-order valence-corrected chi connectivity index (χ2v) is 6.30. The third-order valence-corrected chi connectivity index (χ3v) is 4.16. The maximum Gasteiger partial charge on any atom is 0.223 e. The third-order valence-electron chi connectivity index (χ3n) is 4.16. The number of nitrogens with zero attached hydrogens (tertiary/aromatic N) is 1. The van der Waals surface area contributed by atoms with Crippen LogP contribution < -0.4 is 10.2 Å². The second kappa shape index (κ2) is 9.02. The number of carbonyl (C=O) groups excluding carboxylic acids is 2. The van der Waals surface area contributed by atoms with Gasteiger partial charge in [-0.2, -0.15) is 0 Å². The molecule has 0 fully saturated rings. The number of rotatable bonds is 7. The quantitative estimate of drug-likeness (QED) is 0.841. The Labute approximate surface area is 149 Å². The average molecular weight is 338 g/mol. The van der Waals surface area contributed by atoms with Gasteiger partial charge in [-0.1, -0.05) is 48.0 Å². The molecule has 0 aliphatic rings. The molecule has 2 amide bonds. The minimum Gasteiger partial charge on any atom is -0.356 e. The zero-order chi connectivity index (χ0) is 18.2. The molecule has 0 aliphatic carbocycles. The van der Waals surface area contributed by atoms with E-state index in [1.54, 1.807) is 4.90 Å². The van der Waals surface area contributed by atoms with E-state index in [9.17, 15) is 9.59 Å². The number of amides is 2. The van der Waals surface area contributed by atoms with Gasteiger partial charge in [0.1, 0.15) is 0 Å². The lowest BCUT2D eigenvalue weighted by molar-refractivity contribution is -0.121. The molecule has 0 spiro atoms. The number of hydrogen-bond donors (Lipinski definition) is 1. The van der Waals surface area contributed by atoms with Crippen LogP contribution in [0.5, 0.6) is 0 Å². The minimum atomic E-state index is -0.0518. The molecule has 2 aromatic carbocycles. The molecule has 0 aromatic heterocycles. The molecule has 2 rings (SSSR count). The van der Waals surface area contributed by atoms with Crippen LogP contribution in [-0.2, 0) is 16.0 Å². The topological polar surface area (TPSA) is 49.4 Å². The van der Waals surface area contributed by atoms with E-state index in [0.29, 0.717) is 19.5 Å². The van der Waals surface area contributed by atoms with Gasteiger partial charge >= 0.3 is 0 Å². The molecule has 0 bridgehead atoms. The van der Waals surface area contributed by atoms with E-state index in [-0.39, 0.29) is 11.8 Å². The first-order valence-corrected chi connectivity index (χ1v) is 8.63. The van der Waals surface area contributed by atoms with E-state index in [4.69, 9.17) is 0 Å².